The van der Waals surface area contributed by atoms with Crippen LogP contribution in [0.2, 0.25) is 0 Å². The number of halogens is 1. The fraction of sp³-hybridized carbons (Fsp3) is 0.571. The van der Waals surface area contributed by atoms with Crippen LogP contribution in [0.15, 0.2) is 18.2 Å². The third-order valence-electron chi connectivity index (χ3n) is 5.70. The smallest absolute Gasteiger partial charge is 0.414 e. The number of carbonyl (C=O) groups is 2. The Kier molecular flexibility index (Phi) is 6.57. The Morgan fingerprint density at radius 3 is 2.72 bits per heavy atom. The first-order valence-corrected chi connectivity index (χ1v) is 10.1. The lowest BCUT2D eigenvalue weighted by Gasteiger charge is -2.34. The zero-order valence-corrected chi connectivity index (χ0v) is 16.9. The molecule has 1 aromatic rings. The van der Waals surface area contributed by atoms with Gasteiger partial charge in [0.25, 0.3) is 0 Å². The molecule has 0 bridgehead atoms. The van der Waals surface area contributed by atoms with E-state index >= 15 is 0 Å². The van der Waals surface area contributed by atoms with Crippen molar-refractivity contribution >= 4 is 23.4 Å². The van der Waals surface area contributed by atoms with Crippen molar-refractivity contribution in [3.63, 3.8) is 0 Å². The van der Waals surface area contributed by atoms with E-state index in [-0.39, 0.29) is 30.9 Å². The number of carbonyl (C=O) groups excluding carboxylic acids is 2. The van der Waals surface area contributed by atoms with Gasteiger partial charge in [-0.05, 0) is 31.0 Å². The topological polar surface area (TPSA) is 66.2 Å². The Hall–Kier alpha value is -2.82. The molecule has 0 aliphatic carbocycles. The summed E-state index contributed by atoms with van der Waals surface area (Å²) >= 11 is 0. The molecule has 0 radical (unpaired) electrons. The summed E-state index contributed by atoms with van der Waals surface area (Å²) in [6.45, 7) is 12.7. The van der Waals surface area contributed by atoms with E-state index in [1.165, 1.54) is 17.9 Å². The Bertz CT molecular complexity index is 802. The molecule has 1 aromatic carbocycles. The molecule has 156 valence electrons. The predicted octanol–water partition coefficient (Wildman–Crippen LogP) is 3.20. The summed E-state index contributed by atoms with van der Waals surface area (Å²) in [4.78, 5) is 30.3. The van der Waals surface area contributed by atoms with Gasteiger partial charge in [0.1, 0.15) is 11.9 Å². The van der Waals surface area contributed by atoms with Crippen molar-refractivity contribution in [2.24, 2.45) is 5.92 Å². The van der Waals surface area contributed by atoms with Crippen LogP contribution >= 0.6 is 0 Å². The zero-order valence-electron chi connectivity index (χ0n) is 16.9. The van der Waals surface area contributed by atoms with Crippen LogP contribution in [0.5, 0.6) is 0 Å². The van der Waals surface area contributed by atoms with E-state index in [1.54, 1.807) is 12.1 Å². The third-order valence-corrected chi connectivity index (χ3v) is 5.70. The molecule has 2 amide bonds. The van der Waals surface area contributed by atoms with Crippen LogP contribution < -0.4 is 15.1 Å². The molecule has 2 saturated heterocycles. The zero-order chi connectivity index (χ0) is 21.0. The van der Waals surface area contributed by atoms with Crippen LogP contribution in [0.4, 0.5) is 20.6 Å². The second kappa shape index (κ2) is 9.12. The standard InChI is InChI=1S/C21H27FN4O3/c1-4-19(23-3)15-7-9-25(10-8-15)20-6-5-16(11-18(20)22)26-13-17(29-21(26)28)12-24-14(2)27/h5-6,11,15,17,19H,4,7-10,12-13H2,1-2H3,(H,24,27)/t17-,19?/m0/s1. The molecule has 0 aromatic heterocycles. The maximum Gasteiger partial charge on any atom is 0.414 e. The Morgan fingerprint density at radius 2 is 2.14 bits per heavy atom. The summed E-state index contributed by atoms with van der Waals surface area (Å²) in [5.74, 6) is -0.201. The highest BCUT2D eigenvalue weighted by Gasteiger charge is 2.33. The number of nitrogens with one attached hydrogen (secondary N) is 1. The van der Waals surface area contributed by atoms with Crippen molar-refractivity contribution < 1.29 is 18.7 Å². The van der Waals surface area contributed by atoms with E-state index in [4.69, 9.17) is 11.3 Å². The van der Waals surface area contributed by atoms with Gasteiger partial charge in [-0.15, -0.1) is 0 Å². The molecule has 7 nitrogen and oxygen atoms in total. The minimum Gasteiger partial charge on any atom is -0.442 e. The van der Waals surface area contributed by atoms with Crippen LogP contribution in [-0.4, -0.2) is 50.3 Å². The van der Waals surface area contributed by atoms with Gasteiger partial charge in [0.2, 0.25) is 11.9 Å². The van der Waals surface area contributed by atoms with E-state index in [2.05, 4.69) is 10.2 Å². The molecule has 1 unspecified atom stereocenters. The van der Waals surface area contributed by atoms with Gasteiger partial charge >= 0.3 is 6.09 Å². The number of ether oxygens (including phenoxy) is 1. The quantitative estimate of drug-likeness (QED) is 0.742. The molecule has 3 rings (SSSR count). The van der Waals surface area contributed by atoms with Gasteiger partial charge in [-0.25, -0.2) is 15.8 Å². The number of anilines is 2. The molecule has 2 aliphatic rings. The normalized spacial score (nSPS) is 20.9. The largest absolute Gasteiger partial charge is 0.442 e. The monoisotopic (exact) mass is 402 g/mol. The lowest BCUT2D eigenvalue weighted by Crippen LogP contribution is -2.37. The Labute approximate surface area is 170 Å². The van der Waals surface area contributed by atoms with Gasteiger partial charge in [0.05, 0.1) is 24.5 Å². The molecule has 2 heterocycles. The molecule has 2 atom stereocenters. The van der Waals surface area contributed by atoms with Crippen LogP contribution in [0, 0.1) is 18.3 Å². The third kappa shape index (κ3) is 4.78. The van der Waals surface area contributed by atoms with E-state index in [1.807, 2.05) is 11.8 Å². The highest BCUT2D eigenvalue weighted by Crippen LogP contribution is 2.32. The average Bonchev–Trinajstić information content (AvgIpc) is 3.08. The fourth-order valence-corrected chi connectivity index (χ4v) is 4.07. The molecular weight excluding hydrogens is 375 g/mol. The van der Waals surface area contributed by atoms with E-state index < -0.39 is 12.2 Å². The van der Waals surface area contributed by atoms with Crippen LogP contribution in [-0.2, 0) is 9.53 Å². The minimum absolute atomic E-state index is 0.0518. The van der Waals surface area contributed by atoms with E-state index in [9.17, 15) is 14.0 Å². The second-order valence-corrected chi connectivity index (χ2v) is 7.62. The Balaban J connectivity index is 1.63. The van der Waals surface area contributed by atoms with Gasteiger partial charge in [-0.2, -0.15) is 0 Å². The lowest BCUT2D eigenvalue weighted by atomic mass is 9.88. The van der Waals surface area contributed by atoms with Crippen molar-refractivity contribution in [1.29, 1.82) is 0 Å². The fourth-order valence-electron chi connectivity index (χ4n) is 4.07. The number of piperidine rings is 1. The SMILES string of the molecule is [C-]#[N+]C(CC)C1CCN(c2ccc(N3C[C@H](CNC(C)=O)OC3=O)cc2F)CC1. The van der Waals surface area contributed by atoms with Gasteiger partial charge in [0.15, 0.2) is 0 Å². The van der Waals surface area contributed by atoms with Crippen LogP contribution in [0.1, 0.15) is 33.1 Å². The van der Waals surface area contributed by atoms with Crippen LogP contribution in [0.25, 0.3) is 4.85 Å². The minimum atomic E-state index is -0.543. The first-order valence-electron chi connectivity index (χ1n) is 10.1. The number of amides is 2. The molecule has 1 N–H and O–H groups in total. The number of hydrogen-bond acceptors (Lipinski definition) is 4. The second-order valence-electron chi connectivity index (χ2n) is 7.62. The summed E-state index contributed by atoms with van der Waals surface area (Å²) in [5, 5.41) is 2.62. The van der Waals surface area contributed by atoms with E-state index in [0.29, 0.717) is 17.3 Å². The Morgan fingerprint density at radius 1 is 1.41 bits per heavy atom. The maximum atomic E-state index is 14.8. The number of hydrogen-bond donors (Lipinski definition) is 1. The number of rotatable bonds is 6. The van der Waals surface area contributed by atoms with Crippen LogP contribution in [0.3, 0.4) is 0 Å². The van der Waals surface area contributed by atoms with Gasteiger partial charge < -0.3 is 19.8 Å². The molecule has 2 aliphatic heterocycles. The summed E-state index contributed by atoms with van der Waals surface area (Å²) < 4.78 is 20.1. The van der Waals surface area contributed by atoms with Crippen molar-refractivity contribution in [3.8, 4) is 0 Å². The summed E-state index contributed by atoms with van der Waals surface area (Å²) in [5.41, 5.74) is 0.959. The van der Waals surface area contributed by atoms with Crippen molar-refractivity contribution in [2.45, 2.75) is 45.3 Å². The van der Waals surface area contributed by atoms with Crippen molar-refractivity contribution in [2.75, 3.05) is 36.0 Å². The highest BCUT2D eigenvalue weighted by atomic mass is 19.1. The molecule has 29 heavy (non-hydrogen) atoms. The predicted molar refractivity (Wildman–Crippen MR) is 108 cm³/mol. The van der Waals surface area contributed by atoms with Crippen molar-refractivity contribution in [3.05, 3.63) is 35.4 Å². The molecule has 8 heteroatoms. The molecule has 2 fully saturated rings. The first kappa shape index (κ1) is 20.9. The number of cyclic esters (lactones) is 1. The molecular formula is C21H27FN4O3. The van der Waals surface area contributed by atoms with E-state index in [0.717, 1.165) is 32.4 Å². The van der Waals surface area contributed by atoms with Gasteiger partial charge in [0, 0.05) is 32.4 Å². The number of nitrogens with zero attached hydrogens (tertiary/aromatic N) is 3. The number of benzene rings is 1. The summed E-state index contributed by atoms with van der Waals surface area (Å²) in [6, 6.07) is 4.83. The first-order chi connectivity index (χ1) is 13.9. The van der Waals surface area contributed by atoms with Gasteiger partial charge in [-0.1, -0.05) is 6.92 Å². The molecule has 0 saturated carbocycles. The highest BCUT2D eigenvalue weighted by molar-refractivity contribution is 5.90. The van der Waals surface area contributed by atoms with Gasteiger partial charge in [-0.3, -0.25) is 9.69 Å². The van der Waals surface area contributed by atoms with Crippen molar-refractivity contribution in [1.82, 2.24) is 5.32 Å². The summed E-state index contributed by atoms with van der Waals surface area (Å²) in [6.07, 6.45) is 1.61. The lowest BCUT2D eigenvalue weighted by molar-refractivity contribution is -0.119. The average molecular weight is 402 g/mol. The maximum absolute atomic E-state index is 14.8. The summed E-state index contributed by atoms with van der Waals surface area (Å²) in [7, 11) is 0. The molecule has 0 spiro atoms.